The van der Waals surface area contributed by atoms with Crippen LogP contribution in [0.15, 0.2) is 24.3 Å². The minimum atomic E-state index is -1.10. The molecule has 1 aliphatic heterocycles. The van der Waals surface area contributed by atoms with Crippen LogP contribution in [-0.2, 0) is 4.79 Å². The minimum absolute atomic E-state index is 0.0239. The van der Waals surface area contributed by atoms with E-state index >= 15 is 0 Å². The van der Waals surface area contributed by atoms with Crippen LogP contribution in [0, 0.1) is 17.1 Å². The summed E-state index contributed by atoms with van der Waals surface area (Å²) in [5, 5.41) is 12.3. The number of nitrogens with one attached hydrogen (secondary N) is 1. The number of nitrogens with zero attached hydrogens (tertiary/aromatic N) is 2. The Kier molecular flexibility index (Phi) is 5.64. The maximum atomic E-state index is 13.4. The van der Waals surface area contributed by atoms with Crippen molar-refractivity contribution in [3.63, 3.8) is 0 Å². The first-order chi connectivity index (χ1) is 12.1. The van der Waals surface area contributed by atoms with Crippen LogP contribution in [0.3, 0.4) is 0 Å². The number of amides is 1. The highest BCUT2D eigenvalue weighted by Gasteiger charge is 2.35. The number of halogens is 2. The van der Waals surface area contributed by atoms with E-state index in [0.717, 1.165) is 25.7 Å². The van der Waals surface area contributed by atoms with Gasteiger partial charge < -0.3 is 10.2 Å². The molecule has 2 fully saturated rings. The zero-order valence-electron chi connectivity index (χ0n) is 14.1. The fourth-order valence-electron chi connectivity index (χ4n) is 3.88. The fourth-order valence-corrected chi connectivity index (χ4v) is 3.88. The molecular formula is C19H23F2N3O. The van der Waals surface area contributed by atoms with Crippen molar-refractivity contribution in [1.82, 2.24) is 10.2 Å². The van der Waals surface area contributed by atoms with Crippen molar-refractivity contribution >= 4 is 5.91 Å². The summed E-state index contributed by atoms with van der Waals surface area (Å²) in [5.41, 5.74) is 1.17. The molecule has 6 heteroatoms. The van der Waals surface area contributed by atoms with Gasteiger partial charge in [0.1, 0.15) is 18.0 Å². The Morgan fingerprint density at radius 3 is 2.56 bits per heavy atom. The van der Waals surface area contributed by atoms with Crippen molar-refractivity contribution in [2.45, 2.75) is 56.3 Å². The van der Waals surface area contributed by atoms with Crippen LogP contribution in [-0.4, -0.2) is 42.2 Å². The molecule has 0 aromatic heterocycles. The number of nitriles is 1. The lowest BCUT2D eigenvalue weighted by atomic mass is 9.82. The first-order valence-corrected chi connectivity index (χ1v) is 8.89. The second-order valence-electron chi connectivity index (χ2n) is 7.00. The second kappa shape index (κ2) is 7.92. The largest absolute Gasteiger partial charge is 0.323 e. The summed E-state index contributed by atoms with van der Waals surface area (Å²) in [4.78, 5) is 13.6. The number of likely N-dealkylation sites (tertiary alicyclic amines) is 1. The molecule has 1 saturated heterocycles. The van der Waals surface area contributed by atoms with Crippen LogP contribution in [0.5, 0.6) is 0 Å². The van der Waals surface area contributed by atoms with Gasteiger partial charge in [0.15, 0.2) is 0 Å². The maximum Gasteiger partial charge on any atom is 0.237 e. The normalized spacial score (nSPS) is 29.4. The molecule has 2 atom stereocenters. The van der Waals surface area contributed by atoms with Crippen LogP contribution >= 0.6 is 0 Å². The molecule has 1 aromatic carbocycles. The fraction of sp³-hybridized carbons (Fsp3) is 0.579. The quantitative estimate of drug-likeness (QED) is 0.911. The van der Waals surface area contributed by atoms with Gasteiger partial charge in [0, 0.05) is 12.5 Å². The molecule has 2 aliphatic rings. The number of rotatable bonds is 4. The third-order valence-electron chi connectivity index (χ3n) is 5.33. The van der Waals surface area contributed by atoms with Gasteiger partial charge in [-0.05, 0) is 49.3 Å². The predicted molar refractivity (Wildman–Crippen MR) is 90.0 cm³/mol. The molecule has 1 N–H and O–H groups in total. The summed E-state index contributed by atoms with van der Waals surface area (Å²) in [6.07, 6.45) is 2.90. The van der Waals surface area contributed by atoms with Crippen LogP contribution < -0.4 is 5.32 Å². The molecule has 1 amide bonds. The van der Waals surface area contributed by atoms with E-state index in [9.17, 15) is 13.6 Å². The number of carbonyl (C=O) groups excluding carboxylic acids is 1. The Balaban J connectivity index is 1.44. The van der Waals surface area contributed by atoms with Crippen molar-refractivity contribution in [2.24, 2.45) is 0 Å². The van der Waals surface area contributed by atoms with E-state index in [1.165, 1.54) is 22.6 Å². The molecule has 0 bridgehead atoms. The third-order valence-corrected chi connectivity index (χ3v) is 5.33. The highest BCUT2D eigenvalue weighted by Crippen LogP contribution is 2.32. The van der Waals surface area contributed by atoms with E-state index in [1.54, 1.807) is 0 Å². The summed E-state index contributed by atoms with van der Waals surface area (Å²) in [5.74, 6) is 0.0151. The molecule has 4 nitrogen and oxygen atoms in total. The Morgan fingerprint density at radius 1 is 1.24 bits per heavy atom. The molecule has 1 aliphatic carbocycles. The molecule has 1 saturated carbocycles. The molecule has 25 heavy (non-hydrogen) atoms. The third kappa shape index (κ3) is 4.35. The minimum Gasteiger partial charge on any atom is -0.323 e. The van der Waals surface area contributed by atoms with Crippen molar-refractivity contribution in [3.8, 4) is 6.07 Å². The number of hydrogen-bond acceptors (Lipinski definition) is 3. The summed E-state index contributed by atoms with van der Waals surface area (Å²) in [6.45, 7) is 0.173. The number of benzene rings is 1. The summed E-state index contributed by atoms with van der Waals surface area (Å²) in [6, 6.07) is 8.31. The number of alkyl halides is 1. The van der Waals surface area contributed by atoms with Gasteiger partial charge in [0.25, 0.3) is 0 Å². The molecule has 3 rings (SSSR count). The van der Waals surface area contributed by atoms with E-state index in [0.29, 0.717) is 5.92 Å². The van der Waals surface area contributed by atoms with Crippen molar-refractivity contribution in [2.75, 3.05) is 13.1 Å². The molecule has 134 valence electrons. The smallest absolute Gasteiger partial charge is 0.237 e. The lowest BCUT2D eigenvalue weighted by Crippen LogP contribution is -2.44. The average Bonchev–Trinajstić information content (AvgIpc) is 3.02. The Bertz CT molecular complexity index is 635. The van der Waals surface area contributed by atoms with Crippen molar-refractivity contribution in [3.05, 3.63) is 35.6 Å². The molecule has 0 spiro atoms. The first-order valence-electron chi connectivity index (χ1n) is 8.89. The number of carbonyl (C=O) groups is 1. The standard InChI is InChI=1S/C19H23F2N3O/c20-15-5-1-13(2-6-15)14-3-7-17(8-4-14)23-11-19(25)24-12-16(21)9-18(24)10-22/h1-2,5-6,14,16-18,23H,3-4,7-9,11-12H2. The van der Waals surface area contributed by atoms with Crippen LogP contribution in [0.25, 0.3) is 0 Å². The van der Waals surface area contributed by atoms with Gasteiger partial charge in [-0.2, -0.15) is 5.26 Å². The number of hydrogen-bond donors (Lipinski definition) is 1. The van der Waals surface area contributed by atoms with Gasteiger partial charge in [-0.3, -0.25) is 4.79 Å². The topological polar surface area (TPSA) is 56.1 Å². The lowest BCUT2D eigenvalue weighted by molar-refractivity contribution is -0.130. The molecule has 1 aromatic rings. The predicted octanol–water partition coefficient (Wildman–Crippen LogP) is 2.90. The van der Waals surface area contributed by atoms with Crippen molar-refractivity contribution in [1.29, 1.82) is 5.26 Å². The van der Waals surface area contributed by atoms with E-state index in [1.807, 2.05) is 18.2 Å². The lowest BCUT2D eigenvalue weighted by Gasteiger charge is -2.30. The van der Waals surface area contributed by atoms with Crippen LogP contribution in [0.4, 0.5) is 8.78 Å². The zero-order chi connectivity index (χ0) is 17.8. The molecular weight excluding hydrogens is 324 g/mol. The molecule has 2 unspecified atom stereocenters. The van der Waals surface area contributed by atoms with Gasteiger partial charge in [-0.1, -0.05) is 12.1 Å². The van der Waals surface area contributed by atoms with Gasteiger partial charge >= 0.3 is 0 Å². The van der Waals surface area contributed by atoms with Crippen molar-refractivity contribution < 1.29 is 13.6 Å². The summed E-state index contributed by atoms with van der Waals surface area (Å²) in [7, 11) is 0. The first kappa shape index (κ1) is 17.8. The molecule has 1 heterocycles. The SMILES string of the molecule is N#CC1CC(F)CN1C(=O)CNC1CCC(c2ccc(F)cc2)CC1. The van der Waals surface area contributed by atoms with Gasteiger partial charge in [0.05, 0.1) is 19.2 Å². The van der Waals surface area contributed by atoms with Crippen LogP contribution in [0.2, 0.25) is 0 Å². The van der Waals surface area contributed by atoms with E-state index in [-0.39, 0.29) is 37.3 Å². The Labute approximate surface area is 146 Å². The second-order valence-corrected chi connectivity index (χ2v) is 7.00. The summed E-state index contributed by atoms with van der Waals surface area (Å²) < 4.78 is 26.4. The highest BCUT2D eigenvalue weighted by molar-refractivity contribution is 5.79. The van der Waals surface area contributed by atoms with Crippen LogP contribution in [0.1, 0.15) is 43.6 Å². The van der Waals surface area contributed by atoms with E-state index < -0.39 is 12.2 Å². The van der Waals surface area contributed by atoms with Gasteiger partial charge in [0.2, 0.25) is 5.91 Å². The van der Waals surface area contributed by atoms with Gasteiger partial charge in [-0.15, -0.1) is 0 Å². The van der Waals surface area contributed by atoms with E-state index in [4.69, 9.17) is 5.26 Å². The monoisotopic (exact) mass is 347 g/mol. The highest BCUT2D eigenvalue weighted by atomic mass is 19.1. The Morgan fingerprint density at radius 2 is 1.92 bits per heavy atom. The maximum absolute atomic E-state index is 13.4. The molecule has 0 radical (unpaired) electrons. The Hall–Kier alpha value is -2.00. The van der Waals surface area contributed by atoms with E-state index in [2.05, 4.69) is 5.32 Å². The summed E-state index contributed by atoms with van der Waals surface area (Å²) >= 11 is 0. The zero-order valence-corrected chi connectivity index (χ0v) is 14.1. The average molecular weight is 347 g/mol. The van der Waals surface area contributed by atoms with Gasteiger partial charge in [-0.25, -0.2) is 8.78 Å².